The van der Waals surface area contributed by atoms with E-state index in [2.05, 4.69) is 13.2 Å². The minimum absolute atomic E-state index is 0.124. The molecular weight excluding hydrogens is 548 g/mol. The third-order valence-electron chi connectivity index (χ3n) is 6.53. The molecule has 1 unspecified atom stereocenters. The van der Waals surface area contributed by atoms with Gasteiger partial charge < -0.3 is 28.4 Å². The van der Waals surface area contributed by atoms with E-state index in [1.165, 1.54) is 0 Å². The van der Waals surface area contributed by atoms with Gasteiger partial charge in [0.15, 0.2) is 6.29 Å². The second-order valence-corrected chi connectivity index (χ2v) is 10.3. The van der Waals surface area contributed by atoms with E-state index in [-0.39, 0.29) is 18.9 Å². The molecule has 0 amide bonds. The summed E-state index contributed by atoms with van der Waals surface area (Å²) in [5.41, 5.74) is 2.84. The van der Waals surface area contributed by atoms with Gasteiger partial charge in [-0.2, -0.15) is 0 Å². The van der Waals surface area contributed by atoms with Crippen LogP contribution in [0.5, 0.6) is 11.5 Å². The van der Waals surface area contributed by atoms with Crippen LogP contribution in [-0.4, -0.2) is 57.9 Å². The molecule has 3 rings (SSSR count). The third kappa shape index (κ3) is 13.8. The van der Waals surface area contributed by atoms with Crippen LogP contribution in [0.3, 0.4) is 0 Å². The molecule has 0 N–H and O–H groups in total. The molecule has 0 spiro atoms. The van der Waals surface area contributed by atoms with Crippen molar-refractivity contribution in [2.24, 2.45) is 0 Å². The summed E-state index contributed by atoms with van der Waals surface area (Å²) in [5.74, 6) is 0.807. The smallest absolute Gasteiger partial charge is 0.335 e. The molecule has 43 heavy (non-hydrogen) atoms. The van der Waals surface area contributed by atoms with E-state index in [9.17, 15) is 9.59 Å². The van der Waals surface area contributed by atoms with Gasteiger partial charge in [0.2, 0.25) is 0 Å². The summed E-state index contributed by atoms with van der Waals surface area (Å²) in [6, 6.07) is 15.8. The molecule has 1 aliphatic rings. The van der Waals surface area contributed by atoms with Gasteiger partial charge in [-0.15, -0.1) is 0 Å². The highest BCUT2D eigenvalue weighted by molar-refractivity contribution is 5.88. The highest BCUT2D eigenvalue weighted by atomic mass is 16.7. The Balaban J connectivity index is 1.24. The van der Waals surface area contributed by atoms with Gasteiger partial charge in [-0.25, -0.2) is 9.59 Å². The molecule has 232 valence electrons. The topological polar surface area (TPSA) is 89.5 Å². The first kappa shape index (κ1) is 33.6. The lowest BCUT2D eigenvalue weighted by Crippen LogP contribution is -2.24. The quantitative estimate of drug-likeness (QED) is 0.0750. The molecular formula is C35H44O8. The zero-order chi connectivity index (χ0) is 30.7. The standard InChI is InChI=1S/C35H44O8/c1-27(2)34(36)41-24-8-6-21-38-31-17-13-29(14-18-31)11-12-30-15-19-32(20-16-30)39-22-7-9-25-42-35(37)28(3)26-43-33-10-4-5-23-40-33/h11-20,33H,1,3-10,21-26H2,2H3/b12-11+. The average molecular weight is 593 g/mol. The summed E-state index contributed by atoms with van der Waals surface area (Å²) < 4.78 is 33.0. The largest absolute Gasteiger partial charge is 0.494 e. The van der Waals surface area contributed by atoms with E-state index in [4.69, 9.17) is 28.4 Å². The zero-order valence-electron chi connectivity index (χ0n) is 25.2. The summed E-state index contributed by atoms with van der Waals surface area (Å²) in [6.07, 6.45) is 9.79. The molecule has 1 aliphatic heterocycles. The molecule has 1 saturated heterocycles. The Hall–Kier alpha value is -3.88. The van der Waals surface area contributed by atoms with E-state index < -0.39 is 5.97 Å². The molecule has 0 saturated carbocycles. The number of rotatable bonds is 19. The van der Waals surface area contributed by atoms with Gasteiger partial charge in [0.05, 0.1) is 38.6 Å². The Labute approximate surface area is 255 Å². The van der Waals surface area contributed by atoms with Crippen LogP contribution in [0.4, 0.5) is 0 Å². The fourth-order valence-electron chi connectivity index (χ4n) is 3.98. The number of hydrogen-bond acceptors (Lipinski definition) is 8. The van der Waals surface area contributed by atoms with Crippen LogP contribution in [0.1, 0.15) is 63.0 Å². The van der Waals surface area contributed by atoms with Crippen LogP contribution in [0.2, 0.25) is 0 Å². The van der Waals surface area contributed by atoms with Crippen molar-refractivity contribution in [1.29, 1.82) is 0 Å². The normalized spacial score (nSPS) is 14.7. The molecule has 8 nitrogen and oxygen atoms in total. The van der Waals surface area contributed by atoms with Crippen LogP contribution in [-0.2, 0) is 28.5 Å². The second kappa shape index (κ2) is 19.3. The average Bonchev–Trinajstić information content (AvgIpc) is 3.03. The molecule has 1 fully saturated rings. The van der Waals surface area contributed by atoms with E-state index in [0.717, 1.165) is 61.2 Å². The van der Waals surface area contributed by atoms with E-state index in [1.807, 2.05) is 60.7 Å². The van der Waals surface area contributed by atoms with Crippen LogP contribution in [0, 0.1) is 0 Å². The monoisotopic (exact) mass is 592 g/mol. The fourth-order valence-corrected chi connectivity index (χ4v) is 3.98. The summed E-state index contributed by atoms with van der Waals surface area (Å²) in [5, 5.41) is 0. The minimum Gasteiger partial charge on any atom is -0.494 e. The summed E-state index contributed by atoms with van der Waals surface area (Å²) >= 11 is 0. The number of benzene rings is 2. The van der Waals surface area contributed by atoms with Crippen molar-refractivity contribution in [3.63, 3.8) is 0 Å². The number of carbonyl (C=O) groups excluding carboxylic acids is 2. The predicted octanol–water partition coefficient (Wildman–Crippen LogP) is 6.94. The molecule has 0 bridgehead atoms. The number of hydrogen-bond donors (Lipinski definition) is 0. The van der Waals surface area contributed by atoms with Gasteiger partial charge in [-0.3, -0.25) is 0 Å². The molecule has 0 aliphatic carbocycles. The summed E-state index contributed by atoms with van der Waals surface area (Å²) in [7, 11) is 0. The molecule has 0 radical (unpaired) electrons. The SMILES string of the molecule is C=C(C)C(=O)OCCCCOc1ccc(/C=C/c2ccc(OCCCCOC(=O)C(=C)COC3CCCCO3)cc2)cc1. The lowest BCUT2D eigenvalue weighted by molar-refractivity contribution is -0.160. The number of unbranched alkanes of at least 4 members (excludes halogenated alkanes) is 2. The summed E-state index contributed by atoms with van der Waals surface area (Å²) in [6.45, 7) is 11.5. The summed E-state index contributed by atoms with van der Waals surface area (Å²) in [4.78, 5) is 23.4. The van der Waals surface area contributed by atoms with E-state index >= 15 is 0 Å². The first-order valence-electron chi connectivity index (χ1n) is 15.0. The first-order valence-corrected chi connectivity index (χ1v) is 15.0. The number of esters is 2. The van der Waals surface area contributed by atoms with Crippen molar-refractivity contribution < 1.29 is 38.0 Å². The minimum atomic E-state index is -0.433. The van der Waals surface area contributed by atoms with Gasteiger partial charge in [0.25, 0.3) is 0 Å². The van der Waals surface area contributed by atoms with Crippen molar-refractivity contribution in [3.8, 4) is 11.5 Å². The maximum atomic E-state index is 12.1. The molecule has 0 aromatic heterocycles. The highest BCUT2D eigenvalue weighted by Crippen LogP contribution is 2.18. The van der Waals surface area contributed by atoms with Gasteiger partial charge in [-0.1, -0.05) is 49.6 Å². The number of carbonyl (C=O) groups is 2. The first-order chi connectivity index (χ1) is 20.9. The molecule has 8 heteroatoms. The zero-order valence-corrected chi connectivity index (χ0v) is 25.2. The molecule has 2 aromatic rings. The van der Waals surface area contributed by atoms with E-state index in [0.29, 0.717) is 50.6 Å². The van der Waals surface area contributed by atoms with Gasteiger partial charge >= 0.3 is 11.9 Å². The predicted molar refractivity (Wildman–Crippen MR) is 167 cm³/mol. The third-order valence-corrected chi connectivity index (χ3v) is 6.53. The lowest BCUT2D eigenvalue weighted by atomic mass is 10.1. The molecule has 1 atom stereocenters. The van der Waals surface area contributed by atoms with Gasteiger partial charge in [0, 0.05) is 12.2 Å². The number of ether oxygens (including phenoxy) is 6. The van der Waals surface area contributed by atoms with Crippen molar-refractivity contribution >= 4 is 24.1 Å². The van der Waals surface area contributed by atoms with Crippen molar-refractivity contribution in [2.75, 3.05) is 39.6 Å². The highest BCUT2D eigenvalue weighted by Gasteiger charge is 2.16. The Morgan fingerprint density at radius 1 is 0.767 bits per heavy atom. The van der Waals surface area contributed by atoms with Crippen molar-refractivity contribution in [3.05, 3.63) is 84.0 Å². The fraction of sp³-hybridized carbons (Fsp3) is 0.429. The maximum absolute atomic E-state index is 12.1. The molecule has 2 aromatic carbocycles. The van der Waals surface area contributed by atoms with Crippen LogP contribution in [0.15, 0.2) is 72.8 Å². The van der Waals surface area contributed by atoms with Crippen molar-refractivity contribution in [2.45, 2.75) is 58.2 Å². The Bertz CT molecular complexity index is 1180. The van der Waals surface area contributed by atoms with E-state index in [1.54, 1.807) is 6.92 Å². The Kier molecular flexibility index (Phi) is 15.1. The second-order valence-electron chi connectivity index (χ2n) is 10.3. The van der Waals surface area contributed by atoms with Gasteiger partial charge in [-0.05, 0) is 87.3 Å². The maximum Gasteiger partial charge on any atom is 0.335 e. The molecule has 1 heterocycles. The van der Waals surface area contributed by atoms with Crippen LogP contribution in [0.25, 0.3) is 12.2 Å². The Morgan fingerprint density at radius 2 is 1.28 bits per heavy atom. The Morgan fingerprint density at radius 3 is 1.77 bits per heavy atom. The van der Waals surface area contributed by atoms with Crippen LogP contribution < -0.4 is 9.47 Å². The van der Waals surface area contributed by atoms with Gasteiger partial charge in [0.1, 0.15) is 11.5 Å². The van der Waals surface area contributed by atoms with Crippen molar-refractivity contribution in [1.82, 2.24) is 0 Å². The lowest BCUT2D eigenvalue weighted by Gasteiger charge is -2.22. The van der Waals surface area contributed by atoms with Crippen LogP contribution >= 0.6 is 0 Å².